The van der Waals surface area contributed by atoms with Gasteiger partial charge in [-0.15, -0.1) is 0 Å². The third-order valence-electron chi connectivity index (χ3n) is 4.84. The van der Waals surface area contributed by atoms with Gasteiger partial charge in [-0.1, -0.05) is 59.3 Å². The largest absolute Gasteiger partial charge is 0.469 e. The number of hydrogen-bond acceptors (Lipinski definition) is 4. The molecule has 0 spiro atoms. The van der Waals surface area contributed by atoms with E-state index in [9.17, 15) is 13.8 Å². The van der Waals surface area contributed by atoms with Gasteiger partial charge in [-0.3, -0.25) is 9.59 Å². The van der Waals surface area contributed by atoms with Gasteiger partial charge in [0.05, 0.1) is 16.8 Å². The lowest BCUT2D eigenvalue weighted by atomic mass is 9.79. The summed E-state index contributed by atoms with van der Waals surface area (Å²) in [5.41, 5.74) is -0.505. The fourth-order valence-corrected chi connectivity index (χ4v) is 4.34. The summed E-state index contributed by atoms with van der Waals surface area (Å²) in [6.07, 6.45) is 11.1. The molecule has 0 aliphatic rings. The van der Waals surface area contributed by atoms with Crippen molar-refractivity contribution in [3.8, 4) is 0 Å². The summed E-state index contributed by atoms with van der Waals surface area (Å²) < 4.78 is 21.5. The second-order valence-corrected chi connectivity index (χ2v) is 10.1. The van der Waals surface area contributed by atoms with Crippen molar-refractivity contribution in [3.63, 3.8) is 0 Å². The number of esters is 1. The Bertz CT molecular complexity index is 526. The maximum Gasteiger partial charge on any atom is 0.305 e. The smallest absolute Gasteiger partial charge is 0.305 e. The van der Waals surface area contributed by atoms with Gasteiger partial charge < -0.3 is 4.74 Å². The molecule has 0 aromatic heterocycles. The van der Waals surface area contributed by atoms with Crippen molar-refractivity contribution < 1.29 is 18.5 Å². The van der Waals surface area contributed by atoms with Gasteiger partial charge in [-0.05, 0) is 25.7 Å². The van der Waals surface area contributed by atoms with Gasteiger partial charge in [0.15, 0.2) is 0 Å². The molecule has 0 aliphatic carbocycles. The normalized spacial score (nSPS) is 13.9. The van der Waals surface area contributed by atoms with Crippen molar-refractivity contribution in [1.29, 1.82) is 0 Å². The molecule has 6 heteroatoms. The van der Waals surface area contributed by atoms with Crippen LogP contribution in [0.1, 0.15) is 91.4 Å². The summed E-state index contributed by atoms with van der Waals surface area (Å²) in [6.45, 7) is 6.28. The van der Waals surface area contributed by atoms with E-state index >= 15 is 0 Å². The lowest BCUT2D eigenvalue weighted by Gasteiger charge is -2.26. The number of carbonyl (C=O) groups excluding carboxylic acids is 2. The Morgan fingerprint density at radius 1 is 0.962 bits per heavy atom. The van der Waals surface area contributed by atoms with Crippen molar-refractivity contribution in [3.05, 3.63) is 0 Å². The van der Waals surface area contributed by atoms with Crippen LogP contribution >= 0.6 is 0 Å². The first-order chi connectivity index (χ1) is 12.2. The fourth-order valence-electron chi connectivity index (χ4n) is 2.94. The van der Waals surface area contributed by atoms with Crippen LogP contribution in [0.15, 0.2) is 4.36 Å². The van der Waals surface area contributed by atoms with E-state index in [4.69, 9.17) is 0 Å². The lowest BCUT2D eigenvalue weighted by molar-refractivity contribution is -0.140. The standard InChI is InChI=1S/C20H39NO4S/c1-6-8-11-15-20(3,16-12-9-7-2)19(23)21-26(5,24)17-13-10-14-18(22)25-4/h6-17H2,1-5H3. The molecule has 0 saturated heterocycles. The van der Waals surface area contributed by atoms with E-state index in [0.29, 0.717) is 25.0 Å². The molecule has 0 aliphatic heterocycles. The van der Waals surface area contributed by atoms with E-state index in [-0.39, 0.29) is 11.9 Å². The molecule has 1 amide bonds. The fraction of sp³-hybridized carbons (Fsp3) is 0.900. The maximum atomic E-state index is 12.8. The first kappa shape index (κ1) is 25.1. The molecule has 0 heterocycles. The molecule has 154 valence electrons. The molecule has 0 aromatic rings. The van der Waals surface area contributed by atoms with Crippen LogP contribution in [0.5, 0.6) is 0 Å². The zero-order valence-electron chi connectivity index (χ0n) is 17.5. The zero-order chi connectivity index (χ0) is 20.1. The monoisotopic (exact) mass is 389 g/mol. The van der Waals surface area contributed by atoms with Crippen LogP contribution in [0, 0.1) is 5.41 Å². The van der Waals surface area contributed by atoms with E-state index < -0.39 is 15.1 Å². The summed E-state index contributed by atoms with van der Waals surface area (Å²) in [5.74, 6) is -0.124. The highest BCUT2D eigenvalue weighted by atomic mass is 32.2. The molecule has 0 aromatic carbocycles. The molecule has 5 nitrogen and oxygen atoms in total. The van der Waals surface area contributed by atoms with Crippen molar-refractivity contribution in [2.24, 2.45) is 9.78 Å². The highest BCUT2D eigenvalue weighted by Crippen LogP contribution is 2.33. The lowest BCUT2D eigenvalue weighted by Crippen LogP contribution is -2.28. The molecule has 1 unspecified atom stereocenters. The highest BCUT2D eigenvalue weighted by molar-refractivity contribution is 7.93. The molecule has 26 heavy (non-hydrogen) atoms. The Morgan fingerprint density at radius 3 is 1.96 bits per heavy atom. The average molecular weight is 390 g/mol. The summed E-state index contributed by atoms with van der Waals surface area (Å²) in [7, 11) is -1.20. The second-order valence-electron chi connectivity index (χ2n) is 7.57. The number of rotatable bonds is 14. The van der Waals surface area contributed by atoms with Crippen LogP contribution in [0.3, 0.4) is 0 Å². The number of carbonyl (C=O) groups is 2. The van der Waals surface area contributed by atoms with E-state index in [1.165, 1.54) is 7.11 Å². The second kappa shape index (κ2) is 13.3. The Labute approximate surface area is 160 Å². The first-order valence-corrected chi connectivity index (χ1v) is 12.1. The minimum absolute atomic E-state index is 0.204. The molecular formula is C20H39NO4S. The summed E-state index contributed by atoms with van der Waals surface area (Å²) in [6, 6.07) is 0. The molecule has 0 N–H and O–H groups in total. The van der Waals surface area contributed by atoms with Gasteiger partial charge in [0.25, 0.3) is 5.91 Å². The zero-order valence-corrected chi connectivity index (χ0v) is 18.3. The van der Waals surface area contributed by atoms with Gasteiger partial charge in [0.1, 0.15) is 0 Å². The number of ether oxygens (including phenoxy) is 1. The Balaban J connectivity index is 4.89. The van der Waals surface area contributed by atoms with Crippen LogP contribution in [0.2, 0.25) is 0 Å². The molecule has 0 radical (unpaired) electrons. The molecular weight excluding hydrogens is 350 g/mol. The molecule has 0 rings (SSSR count). The predicted octanol–water partition coefficient (Wildman–Crippen LogP) is 5.12. The van der Waals surface area contributed by atoms with Crippen molar-refractivity contribution >= 4 is 21.6 Å². The number of methoxy groups -OCH3 is 1. The van der Waals surface area contributed by atoms with Crippen molar-refractivity contribution in [2.45, 2.75) is 91.4 Å². The molecule has 0 saturated carbocycles. The SMILES string of the molecule is CCCCCC(C)(CCCCC)C(=O)N=S(C)(=O)CCCCC(=O)OC. The molecule has 0 bridgehead atoms. The average Bonchev–Trinajstić information content (AvgIpc) is 2.58. The van der Waals surface area contributed by atoms with Crippen LogP contribution in [0.25, 0.3) is 0 Å². The Hall–Kier alpha value is -0.910. The Morgan fingerprint density at radius 2 is 1.50 bits per heavy atom. The van der Waals surface area contributed by atoms with Gasteiger partial charge in [0, 0.05) is 23.8 Å². The van der Waals surface area contributed by atoms with Crippen molar-refractivity contribution in [2.75, 3.05) is 19.1 Å². The number of nitrogens with zero attached hydrogens (tertiary/aromatic N) is 1. The third kappa shape index (κ3) is 10.9. The third-order valence-corrected chi connectivity index (χ3v) is 6.44. The van der Waals surface area contributed by atoms with Gasteiger partial charge >= 0.3 is 5.97 Å². The number of unbranched alkanes of at least 4 members (excludes halogenated alkanes) is 5. The van der Waals surface area contributed by atoms with Crippen LogP contribution in [-0.2, 0) is 24.1 Å². The highest BCUT2D eigenvalue weighted by Gasteiger charge is 2.32. The van der Waals surface area contributed by atoms with Gasteiger partial charge in [0.2, 0.25) is 0 Å². The minimum atomic E-state index is -2.56. The minimum Gasteiger partial charge on any atom is -0.469 e. The summed E-state index contributed by atoms with van der Waals surface area (Å²) in [4.78, 5) is 24.0. The van der Waals surface area contributed by atoms with E-state index in [0.717, 1.165) is 51.4 Å². The van der Waals surface area contributed by atoms with E-state index in [2.05, 4.69) is 22.9 Å². The number of hydrogen-bond donors (Lipinski definition) is 0. The van der Waals surface area contributed by atoms with E-state index in [1.54, 1.807) is 6.26 Å². The predicted molar refractivity (Wildman–Crippen MR) is 109 cm³/mol. The van der Waals surface area contributed by atoms with Crippen LogP contribution in [-0.4, -0.2) is 35.2 Å². The van der Waals surface area contributed by atoms with Crippen LogP contribution in [0.4, 0.5) is 0 Å². The number of amides is 1. The summed E-state index contributed by atoms with van der Waals surface area (Å²) >= 11 is 0. The quantitative estimate of drug-likeness (QED) is 0.305. The molecule has 0 fully saturated rings. The maximum absolute atomic E-state index is 12.8. The Kier molecular flexibility index (Phi) is 12.8. The van der Waals surface area contributed by atoms with Crippen LogP contribution < -0.4 is 0 Å². The first-order valence-electron chi connectivity index (χ1n) is 10.0. The topological polar surface area (TPSA) is 72.8 Å². The van der Waals surface area contributed by atoms with Crippen molar-refractivity contribution in [1.82, 2.24) is 0 Å². The van der Waals surface area contributed by atoms with Gasteiger partial charge in [-0.2, -0.15) is 4.36 Å². The van der Waals surface area contributed by atoms with E-state index in [1.807, 2.05) is 6.92 Å². The summed E-state index contributed by atoms with van der Waals surface area (Å²) in [5, 5.41) is 0. The molecule has 1 atom stereocenters. The van der Waals surface area contributed by atoms with Gasteiger partial charge in [-0.25, -0.2) is 4.21 Å².